The van der Waals surface area contributed by atoms with Gasteiger partial charge in [0.2, 0.25) is 5.95 Å². The third-order valence-corrected chi connectivity index (χ3v) is 3.39. The van der Waals surface area contributed by atoms with Crippen LogP contribution >= 0.6 is 15.9 Å². The van der Waals surface area contributed by atoms with Crippen LogP contribution in [0.3, 0.4) is 0 Å². The second-order valence-corrected chi connectivity index (χ2v) is 5.08. The summed E-state index contributed by atoms with van der Waals surface area (Å²) >= 11 is 3.40. The highest BCUT2D eigenvalue weighted by Crippen LogP contribution is 2.21. The van der Waals surface area contributed by atoms with Gasteiger partial charge in [0.1, 0.15) is 5.82 Å². The molecule has 0 aliphatic carbocycles. The fraction of sp³-hybridized carbons (Fsp3) is 0.600. The molecule has 1 aromatic heterocycles. The summed E-state index contributed by atoms with van der Waals surface area (Å²) in [7, 11) is 2.15. The fourth-order valence-electron chi connectivity index (χ4n) is 1.94. The molecule has 0 bridgehead atoms. The van der Waals surface area contributed by atoms with Gasteiger partial charge in [0, 0.05) is 19.3 Å². The van der Waals surface area contributed by atoms with Crippen molar-refractivity contribution in [3.05, 3.63) is 10.7 Å². The number of hydrogen-bond acceptors (Lipinski definition) is 5. The van der Waals surface area contributed by atoms with Crippen LogP contribution in [0.25, 0.3) is 0 Å². The number of nitrogen functional groups attached to an aromatic ring is 1. The lowest BCUT2D eigenvalue weighted by atomic mass is 10.1. The van der Waals surface area contributed by atoms with Crippen LogP contribution in [0.2, 0.25) is 0 Å². The van der Waals surface area contributed by atoms with E-state index in [4.69, 9.17) is 5.73 Å². The first kappa shape index (κ1) is 11.6. The zero-order chi connectivity index (χ0) is 11.5. The van der Waals surface area contributed by atoms with Gasteiger partial charge in [0.05, 0.1) is 4.47 Å². The van der Waals surface area contributed by atoms with Gasteiger partial charge in [-0.1, -0.05) is 0 Å². The number of anilines is 2. The normalized spacial score (nSPS) is 21.2. The van der Waals surface area contributed by atoms with E-state index in [1.165, 1.54) is 13.0 Å². The summed E-state index contributed by atoms with van der Waals surface area (Å²) in [6, 6.07) is 0. The van der Waals surface area contributed by atoms with E-state index >= 15 is 0 Å². The van der Waals surface area contributed by atoms with Crippen LogP contribution in [0.15, 0.2) is 10.7 Å². The molecular formula is C10H16BrN5. The molecule has 0 aromatic carbocycles. The number of aromatic nitrogens is 2. The molecule has 1 aromatic rings. The summed E-state index contributed by atoms with van der Waals surface area (Å²) < 4.78 is 0.855. The monoisotopic (exact) mass is 285 g/mol. The third kappa shape index (κ3) is 2.82. The van der Waals surface area contributed by atoms with Crippen LogP contribution in [-0.2, 0) is 0 Å². The fourth-order valence-corrected chi connectivity index (χ4v) is 2.27. The van der Waals surface area contributed by atoms with E-state index in [1.54, 1.807) is 6.20 Å². The second kappa shape index (κ2) is 4.97. The molecule has 2 heterocycles. The minimum Gasteiger partial charge on any atom is -0.369 e. The van der Waals surface area contributed by atoms with Gasteiger partial charge in [0.25, 0.3) is 0 Å². The summed E-state index contributed by atoms with van der Waals surface area (Å²) in [6.07, 6.45) is 2.91. The van der Waals surface area contributed by atoms with Gasteiger partial charge >= 0.3 is 0 Å². The predicted molar refractivity (Wildman–Crippen MR) is 68.2 cm³/mol. The topological polar surface area (TPSA) is 67.1 Å². The highest BCUT2D eigenvalue weighted by molar-refractivity contribution is 9.10. The highest BCUT2D eigenvalue weighted by Gasteiger charge is 2.19. The smallest absolute Gasteiger partial charge is 0.221 e. The average molecular weight is 286 g/mol. The molecule has 0 saturated carbocycles. The van der Waals surface area contributed by atoms with E-state index in [-0.39, 0.29) is 0 Å². The first-order valence-electron chi connectivity index (χ1n) is 5.35. The molecule has 0 radical (unpaired) electrons. The zero-order valence-electron chi connectivity index (χ0n) is 9.28. The Labute approximate surface area is 104 Å². The lowest BCUT2D eigenvalue weighted by Crippen LogP contribution is -2.19. The Morgan fingerprint density at radius 3 is 3.19 bits per heavy atom. The number of nitrogens with two attached hydrogens (primary N) is 1. The SMILES string of the molecule is CN1CCC(CNc2nc(N)ncc2Br)C1. The average Bonchev–Trinajstić information content (AvgIpc) is 2.66. The largest absolute Gasteiger partial charge is 0.369 e. The van der Waals surface area contributed by atoms with Crippen LogP contribution in [0.5, 0.6) is 0 Å². The number of nitrogens with zero attached hydrogens (tertiary/aromatic N) is 3. The maximum Gasteiger partial charge on any atom is 0.221 e. The van der Waals surface area contributed by atoms with Gasteiger partial charge in [-0.25, -0.2) is 4.98 Å². The molecule has 0 spiro atoms. The van der Waals surface area contributed by atoms with E-state index in [2.05, 4.69) is 43.2 Å². The summed E-state index contributed by atoms with van der Waals surface area (Å²) in [5, 5.41) is 3.31. The number of nitrogens with one attached hydrogen (secondary N) is 1. The number of rotatable bonds is 3. The first-order chi connectivity index (χ1) is 7.65. The maximum absolute atomic E-state index is 5.54. The minimum absolute atomic E-state index is 0.300. The maximum atomic E-state index is 5.54. The Morgan fingerprint density at radius 2 is 2.50 bits per heavy atom. The van der Waals surface area contributed by atoms with E-state index in [0.29, 0.717) is 11.9 Å². The first-order valence-corrected chi connectivity index (χ1v) is 6.15. The van der Waals surface area contributed by atoms with E-state index < -0.39 is 0 Å². The van der Waals surface area contributed by atoms with Crippen LogP contribution in [-0.4, -0.2) is 41.5 Å². The van der Waals surface area contributed by atoms with Gasteiger partial charge in [-0.3, -0.25) is 0 Å². The molecule has 6 heteroatoms. The molecule has 3 N–H and O–H groups in total. The number of likely N-dealkylation sites (tertiary alicyclic amines) is 1. The lowest BCUT2D eigenvalue weighted by molar-refractivity contribution is 0.399. The van der Waals surface area contributed by atoms with Crippen molar-refractivity contribution in [2.45, 2.75) is 6.42 Å². The Balaban J connectivity index is 1.91. The molecule has 1 aliphatic rings. The lowest BCUT2D eigenvalue weighted by Gasteiger charge is -2.13. The standard InChI is InChI=1S/C10H16BrN5/c1-16-3-2-7(6-16)4-13-9-8(11)5-14-10(12)15-9/h5,7H,2-4,6H2,1H3,(H3,12,13,14,15). The molecule has 1 saturated heterocycles. The Hall–Kier alpha value is -0.880. The molecular weight excluding hydrogens is 270 g/mol. The molecule has 1 unspecified atom stereocenters. The molecule has 5 nitrogen and oxygen atoms in total. The van der Waals surface area contributed by atoms with Crippen molar-refractivity contribution in [3.63, 3.8) is 0 Å². The summed E-state index contributed by atoms with van der Waals surface area (Å²) in [5.41, 5.74) is 5.54. The van der Waals surface area contributed by atoms with Crippen molar-refractivity contribution >= 4 is 27.7 Å². The van der Waals surface area contributed by atoms with Gasteiger partial charge in [-0.2, -0.15) is 4.98 Å². The van der Waals surface area contributed by atoms with E-state index in [0.717, 1.165) is 23.4 Å². The Morgan fingerprint density at radius 1 is 1.69 bits per heavy atom. The van der Waals surface area contributed by atoms with Crippen molar-refractivity contribution in [3.8, 4) is 0 Å². The quantitative estimate of drug-likeness (QED) is 0.873. The number of hydrogen-bond donors (Lipinski definition) is 2. The van der Waals surface area contributed by atoms with Crippen LogP contribution in [0, 0.1) is 5.92 Å². The molecule has 88 valence electrons. The summed E-state index contributed by atoms with van der Waals surface area (Å²) in [6.45, 7) is 3.25. The molecule has 1 fully saturated rings. The van der Waals surface area contributed by atoms with E-state index in [9.17, 15) is 0 Å². The van der Waals surface area contributed by atoms with Crippen LogP contribution < -0.4 is 11.1 Å². The van der Waals surface area contributed by atoms with E-state index in [1.807, 2.05) is 0 Å². The summed E-state index contributed by atoms with van der Waals surface area (Å²) in [5.74, 6) is 1.77. The van der Waals surface area contributed by atoms with Crippen molar-refractivity contribution < 1.29 is 0 Å². The third-order valence-electron chi connectivity index (χ3n) is 2.81. The van der Waals surface area contributed by atoms with Crippen molar-refractivity contribution in [2.75, 3.05) is 37.7 Å². The Kier molecular flexibility index (Phi) is 3.60. The van der Waals surface area contributed by atoms with Gasteiger partial charge in [0.15, 0.2) is 0 Å². The molecule has 1 aliphatic heterocycles. The van der Waals surface area contributed by atoms with Crippen molar-refractivity contribution in [1.29, 1.82) is 0 Å². The highest BCUT2D eigenvalue weighted by atomic mass is 79.9. The van der Waals surface area contributed by atoms with Gasteiger partial charge in [-0.05, 0) is 41.9 Å². The Bertz CT molecular complexity index is 370. The number of halogens is 1. The van der Waals surface area contributed by atoms with Crippen LogP contribution in [0.1, 0.15) is 6.42 Å². The predicted octanol–water partition coefficient (Wildman–Crippen LogP) is 1.18. The van der Waals surface area contributed by atoms with Gasteiger partial charge < -0.3 is 16.0 Å². The molecule has 1 atom stereocenters. The minimum atomic E-state index is 0.300. The zero-order valence-corrected chi connectivity index (χ0v) is 10.9. The summed E-state index contributed by atoms with van der Waals surface area (Å²) in [4.78, 5) is 10.4. The van der Waals surface area contributed by atoms with Crippen molar-refractivity contribution in [2.24, 2.45) is 5.92 Å². The molecule has 2 rings (SSSR count). The molecule has 0 amide bonds. The van der Waals surface area contributed by atoms with Crippen molar-refractivity contribution in [1.82, 2.24) is 14.9 Å². The molecule has 16 heavy (non-hydrogen) atoms. The van der Waals surface area contributed by atoms with Crippen LogP contribution in [0.4, 0.5) is 11.8 Å². The van der Waals surface area contributed by atoms with Gasteiger partial charge in [-0.15, -0.1) is 0 Å². The second-order valence-electron chi connectivity index (χ2n) is 4.22.